The van der Waals surface area contributed by atoms with Crippen LogP contribution in [0.1, 0.15) is 10.4 Å². The van der Waals surface area contributed by atoms with Gasteiger partial charge >= 0.3 is 5.97 Å². The van der Waals surface area contributed by atoms with Crippen molar-refractivity contribution in [2.45, 2.75) is 0 Å². The molecule has 2 aromatic rings. The van der Waals surface area contributed by atoms with Gasteiger partial charge in [0.1, 0.15) is 5.75 Å². The molecule has 0 saturated heterocycles. The van der Waals surface area contributed by atoms with E-state index in [0.717, 1.165) is 0 Å². The molecule has 1 aromatic heterocycles. The van der Waals surface area contributed by atoms with Crippen molar-refractivity contribution in [3.8, 4) is 11.5 Å². The summed E-state index contributed by atoms with van der Waals surface area (Å²) >= 11 is 5.83. The van der Waals surface area contributed by atoms with Crippen molar-refractivity contribution in [3.05, 3.63) is 53.3 Å². The van der Waals surface area contributed by atoms with E-state index in [2.05, 4.69) is 4.98 Å². The fraction of sp³-hybridized carbons (Fsp3) is 0. The Morgan fingerprint density at radius 1 is 1.24 bits per heavy atom. The molecule has 1 heterocycles. The van der Waals surface area contributed by atoms with Gasteiger partial charge in [-0.25, -0.2) is 9.78 Å². The molecule has 1 aromatic carbocycles. The number of aromatic nitrogens is 1. The fourth-order valence-electron chi connectivity index (χ4n) is 1.24. The van der Waals surface area contributed by atoms with Crippen LogP contribution in [0.3, 0.4) is 0 Å². The van der Waals surface area contributed by atoms with Crippen molar-refractivity contribution in [2.75, 3.05) is 0 Å². The number of carboxylic acids is 1. The molecular formula is C12H8ClNO3. The molecule has 0 aliphatic carbocycles. The van der Waals surface area contributed by atoms with Crippen LogP contribution in [-0.2, 0) is 0 Å². The zero-order valence-electron chi connectivity index (χ0n) is 8.63. The Bertz CT molecular complexity index is 540. The van der Waals surface area contributed by atoms with E-state index in [1.54, 1.807) is 30.5 Å². The standard InChI is InChI=1S/C12H8ClNO3/c13-11-10(2-1-7-14-11)17-9-5-3-8(4-6-9)12(15)16/h1-7H,(H,15,16). The minimum Gasteiger partial charge on any atom is -0.478 e. The number of hydrogen-bond donors (Lipinski definition) is 1. The van der Waals surface area contributed by atoms with Crippen LogP contribution in [0.25, 0.3) is 0 Å². The molecule has 0 atom stereocenters. The summed E-state index contributed by atoms with van der Waals surface area (Å²) < 4.78 is 5.46. The molecule has 0 spiro atoms. The summed E-state index contributed by atoms with van der Waals surface area (Å²) in [6, 6.07) is 9.43. The minimum atomic E-state index is -0.976. The molecule has 0 fully saturated rings. The number of carbonyl (C=O) groups is 1. The van der Waals surface area contributed by atoms with E-state index in [1.165, 1.54) is 12.1 Å². The number of halogens is 1. The molecule has 1 N–H and O–H groups in total. The van der Waals surface area contributed by atoms with Gasteiger partial charge in [-0.1, -0.05) is 11.6 Å². The zero-order valence-corrected chi connectivity index (χ0v) is 9.39. The second kappa shape index (κ2) is 4.84. The molecular weight excluding hydrogens is 242 g/mol. The highest BCUT2D eigenvalue weighted by Crippen LogP contribution is 2.26. The van der Waals surface area contributed by atoms with E-state index in [9.17, 15) is 4.79 Å². The molecule has 86 valence electrons. The third-order valence-electron chi connectivity index (χ3n) is 2.05. The number of carboxylic acid groups (broad SMARTS) is 1. The van der Waals surface area contributed by atoms with Crippen LogP contribution >= 0.6 is 11.6 Å². The van der Waals surface area contributed by atoms with Crippen LogP contribution in [0.5, 0.6) is 11.5 Å². The predicted octanol–water partition coefficient (Wildman–Crippen LogP) is 3.23. The average molecular weight is 250 g/mol. The Morgan fingerprint density at radius 3 is 2.53 bits per heavy atom. The number of nitrogens with zero attached hydrogens (tertiary/aromatic N) is 1. The molecule has 5 heteroatoms. The topological polar surface area (TPSA) is 59.4 Å². The maximum absolute atomic E-state index is 10.7. The number of rotatable bonds is 3. The van der Waals surface area contributed by atoms with E-state index in [-0.39, 0.29) is 10.7 Å². The first-order valence-electron chi connectivity index (χ1n) is 4.78. The van der Waals surface area contributed by atoms with Gasteiger partial charge in [-0.2, -0.15) is 0 Å². The van der Waals surface area contributed by atoms with Gasteiger partial charge in [0.05, 0.1) is 5.56 Å². The first kappa shape index (κ1) is 11.4. The lowest BCUT2D eigenvalue weighted by molar-refractivity contribution is 0.0697. The molecule has 0 aliphatic heterocycles. The average Bonchev–Trinajstić information content (AvgIpc) is 2.33. The van der Waals surface area contributed by atoms with Gasteiger partial charge in [-0.3, -0.25) is 0 Å². The first-order valence-corrected chi connectivity index (χ1v) is 5.16. The van der Waals surface area contributed by atoms with Crippen molar-refractivity contribution in [1.29, 1.82) is 0 Å². The molecule has 0 saturated carbocycles. The molecule has 0 amide bonds. The smallest absolute Gasteiger partial charge is 0.335 e. The van der Waals surface area contributed by atoms with Crippen LogP contribution in [0.2, 0.25) is 5.15 Å². The second-order valence-corrected chi connectivity index (χ2v) is 3.58. The fourth-order valence-corrected chi connectivity index (χ4v) is 1.40. The molecule has 0 bridgehead atoms. The summed E-state index contributed by atoms with van der Waals surface area (Å²) in [4.78, 5) is 14.5. The minimum absolute atomic E-state index is 0.203. The molecule has 4 nitrogen and oxygen atoms in total. The number of hydrogen-bond acceptors (Lipinski definition) is 3. The molecule has 0 aliphatic rings. The summed E-state index contributed by atoms with van der Waals surface area (Å²) in [5.41, 5.74) is 0.203. The van der Waals surface area contributed by atoms with Gasteiger partial charge in [0, 0.05) is 6.20 Å². The van der Waals surface area contributed by atoms with Crippen LogP contribution < -0.4 is 4.74 Å². The summed E-state index contributed by atoms with van der Waals surface area (Å²) in [6.07, 6.45) is 1.56. The Balaban J connectivity index is 2.20. The Hall–Kier alpha value is -2.07. The zero-order chi connectivity index (χ0) is 12.3. The van der Waals surface area contributed by atoms with Crippen LogP contribution in [0, 0.1) is 0 Å². The highest BCUT2D eigenvalue weighted by molar-refractivity contribution is 6.30. The molecule has 2 rings (SSSR count). The summed E-state index contributed by atoms with van der Waals surface area (Å²) in [5.74, 6) is -0.0434. The van der Waals surface area contributed by atoms with E-state index in [0.29, 0.717) is 11.5 Å². The van der Waals surface area contributed by atoms with Crippen LogP contribution in [-0.4, -0.2) is 16.1 Å². The highest BCUT2D eigenvalue weighted by Gasteiger charge is 2.05. The SMILES string of the molecule is O=C(O)c1ccc(Oc2cccnc2Cl)cc1. The first-order chi connectivity index (χ1) is 8.16. The molecule has 0 radical (unpaired) electrons. The van der Waals surface area contributed by atoms with Gasteiger partial charge in [0.25, 0.3) is 0 Å². The Kier molecular flexibility index (Phi) is 3.25. The van der Waals surface area contributed by atoms with E-state index in [4.69, 9.17) is 21.4 Å². The quantitative estimate of drug-likeness (QED) is 0.849. The largest absolute Gasteiger partial charge is 0.478 e. The lowest BCUT2D eigenvalue weighted by Gasteiger charge is -2.06. The van der Waals surface area contributed by atoms with Crippen molar-refractivity contribution >= 4 is 17.6 Å². The Labute approximate surface area is 102 Å². The van der Waals surface area contributed by atoms with Gasteiger partial charge in [0.15, 0.2) is 10.9 Å². The highest BCUT2D eigenvalue weighted by atomic mass is 35.5. The number of benzene rings is 1. The third-order valence-corrected chi connectivity index (χ3v) is 2.34. The van der Waals surface area contributed by atoms with E-state index < -0.39 is 5.97 Å². The van der Waals surface area contributed by atoms with Gasteiger partial charge in [-0.05, 0) is 36.4 Å². The van der Waals surface area contributed by atoms with Crippen molar-refractivity contribution in [2.24, 2.45) is 0 Å². The van der Waals surface area contributed by atoms with E-state index in [1.807, 2.05) is 0 Å². The maximum Gasteiger partial charge on any atom is 0.335 e. The molecule has 17 heavy (non-hydrogen) atoms. The monoisotopic (exact) mass is 249 g/mol. The van der Waals surface area contributed by atoms with Crippen molar-refractivity contribution < 1.29 is 14.6 Å². The van der Waals surface area contributed by atoms with Crippen LogP contribution in [0.4, 0.5) is 0 Å². The summed E-state index contributed by atoms with van der Waals surface area (Å²) in [6.45, 7) is 0. The normalized spacial score (nSPS) is 9.94. The van der Waals surface area contributed by atoms with E-state index >= 15 is 0 Å². The van der Waals surface area contributed by atoms with Crippen molar-refractivity contribution in [3.63, 3.8) is 0 Å². The predicted molar refractivity (Wildman–Crippen MR) is 62.7 cm³/mol. The lowest BCUT2D eigenvalue weighted by atomic mass is 10.2. The lowest BCUT2D eigenvalue weighted by Crippen LogP contribution is -1.95. The third kappa shape index (κ3) is 2.73. The van der Waals surface area contributed by atoms with Gasteiger partial charge in [0.2, 0.25) is 0 Å². The summed E-state index contributed by atoms with van der Waals surface area (Å²) in [7, 11) is 0. The number of aromatic carboxylic acids is 1. The molecule has 0 unspecified atom stereocenters. The summed E-state index contributed by atoms with van der Waals surface area (Å²) in [5, 5.41) is 9.00. The van der Waals surface area contributed by atoms with Gasteiger partial charge < -0.3 is 9.84 Å². The maximum atomic E-state index is 10.7. The second-order valence-electron chi connectivity index (χ2n) is 3.22. The van der Waals surface area contributed by atoms with Crippen LogP contribution in [0.15, 0.2) is 42.6 Å². The number of pyridine rings is 1. The van der Waals surface area contributed by atoms with Crippen molar-refractivity contribution in [1.82, 2.24) is 4.98 Å². The number of ether oxygens (including phenoxy) is 1. The van der Waals surface area contributed by atoms with Gasteiger partial charge in [-0.15, -0.1) is 0 Å². The Morgan fingerprint density at radius 2 is 1.94 bits per heavy atom.